The van der Waals surface area contributed by atoms with Crippen LogP contribution < -0.4 is 5.32 Å². The molecule has 9 heteroatoms. The summed E-state index contributed by atoms with van der Waals surface area (Å²) >= 11 is 0. The van der Waals surface area contributed by atoms with E-state index in [-0.39, 0.29) is 17.6 Å². The molecule has 0 bridgehead atoms. The number of carbonyl (C=O) groups excluding carboxylic acids is 2. The fourth-order valence-corrected chi connectivity index (χ4v) is 5.87. The van der Waals surface area contributed by atoms with Gasteiger partial charge in [0.2, 0.25) is 10.0 Å². The predicted octanol–water partition coefficient (Wildman–Crippen LogP) is 3.42. The Hall–Kier alpha value is -2.75. The van der Waals surface area contributed by atoms with E-state index in [4.69, 9.17) is 0 Å². The van der Waals surface area contributed by atoms with E-state index >= 15 is 0 Å². The van der Waals surface area contributed by atoms with Crippen molar-refractivity contribution < 1.29 is 18.0 Å². The molecule has 0 atom stereocenters. The van der Waals surface area contributed by atoms with Gasteiger partial charge in [-0.1, -0.05) is 37.1 Å². The van der Waals surface area contributed by atoms with Gasteiger partial charge in [-0.25, -0.2) is 8.42 Å². The van der Waals surface area contributed by atoms with Crippen LogP contribution in [-0.4, -0.2) is 79.4 Å². The Kier molecular flexibility index (Phi) is 8.77. The van der Waals surface area contributed by atoms with Gasteiger partial charge in [0.15, 0.2) is 0 Å². The maximum absolute atomic E-state index is 13.2. The van der Waals surface area contributed by atoms with Gasteiger partial charge in [-0.2, -0.15) is 4.31 Å². The van der Waals surface area contributed by atoms with Crippen molar-refractivity contribution in [3.05, 3.63) is 65.2 Å². The van der Waals surface area contributed by atoms with Crippen LogP contribution in [0.3, 0.4) is 0 Å². The summed E-state index contributed by atoms with van der Waals surface area (Å²) in [4.78, 5) is 30.2. The van der Waals surface area contributed by atoms with Crippen LogP contribution in [0, 0.1) is 0 Å². The molecule has 0 unspecified atom stereocenters. The second kappa shape index (κ2) is 12.0. The highest BCUT2D eigenvalue weighted by Crippen LogP contribution is 2.21. The summed E-state index contributed by atoms with van der Waals surface area (Å²) in [6.45, 7) is 6.27. The number of hydrogen-bond donors (Lipinski definition) is 1. The van der Waals surface area contributed by atoms with Gasteiger partial charge in [0, 0.05) is 51.4 Å². The van der Waals surface area contributed by atoms with Gasteiger partial charge >= 0.3 is 0 Å². The lowest BCUT2D eigenvalue weighted by Gasteiger charge is -2.33. The molecule has 2 aliphatic heterocycles. The molecule has 0 spiro atoms. The molecule has 2 heterocycles. The van der Waals surface area contributed by atoms with Crippen molar-refractivity contribution in [3.63, 3.8) is 0 Å². The van der Waals surface area contributed by atoms with Crippen LogP contribution in [0.25, 0.3) is 0 Å². The molecule has 4 rings (SSSR count). The highest BCUT2D eigenvalue weighted by Gasteiger charge is 2.25. The Morgan fingerprint density at radius 1 is 0.833 bits per heavy atom. The number of hydrogen-bond acceptors (Lipinski definition) is 5. The molecule has 0 saturated carbocycles. The van der Waals surface area contributed by atoms with Crippen molar-refractivity contribution >= 4 is 27.5 Å². The van der Waals surface area contributed by atoms with Crippen LogP contribution in [-0.2, 0) is 16.6 Å². The van der Waals surface area contributed by atoms with E-state index in [9.17, 15) is 18.0 Å². The Labute approximate surface area is 214 Å². The maximum Gasteiger partial charge on any atom is 0.255 e. The third-order valence-corrected chi connectivity index (χ3v) is 8.89. The number of sulfonamides is 1. The van der Waals surface area contributed by atoms with Gasteiger partial charge in [-0.05, 0) is 49.6 Å². The average molecular weight is 513 g/mol. The maximum atomic E-state index is 13.2. The molecular weight excluding hydrogens is 476 g/mol. The van der Waals surface area contributed by atoms with E-state index in [1.165, 1.54) is 0 Å². The van der Waals surface area contributed by atoms with Crippen molar-refractivity contribution in [2.75, 3.05) is 50.3 Å². The molecule has 36 heavy (non-hydrogen) atoms. The number of nitrogens with one attached hydrogen (secondary N) is 1. The van der Waals surface area contributed by atoms with Crippen molar-refractivity contribution in [2.45, 2.75) is 39.2 Å². The van der Waals surface area contributed by atoms with Gasteiger partial charge in [-0.3, -0.25) is 14.5 Å². The number of likely N-dealkylation sites (tertiary alicyclic amines) is 1. The summed E-state index contributed by atoms with van der Waals surface area (Å²) in [5, 5.41) is 2.93. The quantitative estimate of drug-likeness (QED) is 0.614. The van der Waals surface area contributed by atoms with Gasteiger partial charge in [0.05, 0.1) is 17.0 Å². The van der Waals surface area contributed by atoms with Crippen molar-refractivity contribution in [1.82, 2.24) is 14.1 Å². The third-order valence-electron chi connectivity index (χ3n) is 7.01. The number of amides is 2. The largest absolute Gasteiger partial charge is 0.339 e. The molecule has 2 amide bonds. The van der Waals surface area contributed by atoms with Crippen LogP contribution in [0.2, 0.25) is 0 Å². The van der Waals surface area contributed by atoms with Crippen molar-refractivity contribution in [1.29, 1.82) is 0 Å². The number of piperazine rings is 1. The molecule has 2 aromatic carbocycles. The van der Waals surface area contributed by atoms with Crippen LogP contribution in [0.5, 0.6) is 0 Å². The van der Waals surface area contributed by atoms with Crippen LogP contribution in [0.15, 0.2) is 48.5 Å². The summed E-state index contributed by atoms with van der Waals surface area (Å²) < 4.78 is 25.7. The number of para-hydroxylation sites is 1. The normalized spacial score (nSPS) is 18.0. The Morgan fingerprint density at radius 3 is 2.11 bits per heavy atom. The number of carbonyl (C=O) groups is 2. The smallest absolute Gasteiger partial charge is 0.255 e. The molecule has 1 N–H and O–H groups in total. The molecule has 0 aliphatic carbocycles. The van der Waals surface area contributed by atoms with Gasteiger partial charge in [0.1, 0.15) is 0 Å². The Balaban J connectivity index is 1.35. The second-order valence-corrected chi connectivity index (χ2v) is 11.7. The highest BCUT2D eigenvalue weighted by molar-refractivity contribution is 7.89. The summed E-state index contributed by atoms with van der Waals surface area (Å²) in [5.74, 6) is -0.154. The van der Waals surface area contributed by atoms with Crippen LogP contribution >= 0.6 is 0 Å². The highest BCUT2D eigenvalue weighted by atomic mass is 32.2. The first-order chi connectivity index (χ1) is 17.4. The van der Waals surface area contributed by atoms with E-state index in [1.807, 2.05) is 29.2 Å². The Morgan fingerprint density at radius 2 is 1.47 bits per heavy atom. The summed E-state index contributed by atoms with van der Waals surface area (Å²) in [6, 6.07) is 14.6. The molecule has 0 aromatic heterocycles. The number of rotatable bonds is 7. The lowest BCUT2D eigenvalue weighted by atomic mass is 10.1. The molecule has 2 fully saturated rings. The topological polar surface area (TPSA) is 90.0 Å². The third kappa shape index (κ3) is 6.52. The zero-order valence-corrected chi connectivity index (χ0v) is 21.8. The lowest BCUT2D eigenvalue weighted by Crippen LogP contribution is -2.48. The number of nitrogens with zero attached hydrogens (tertiary/aromatic N) is 3. The minimum atomic E-state index is -3.14. The van der Waals surface area contributed by atoms with Crippen LogP contribution in [0.4, 0.5) is 5.69 Å². The minimum absolute atomic E-state index is 0.0324. The number of benzene rings is 2. The van der Waals surface area contributed by atoms with Crippen molar-refractivity contribution in [2.24, 2.45) is 0 Å². The fraction of sp³-hybridized carbons (Fsp3) is 0.481. The molecule has 2 aromatic rings. The van der Waals surface area contributed by atoms with E-state index in [2.05, 4.69) is 10.2 Å². The first-order valence-electron chi connectivity index (χ1n) is 12.9. The average Bonchev–Trinajstić information content (AvgIpc) is 3.19. The molecule has 2 saturated heterocycles. The fourth-order valence-electron chi connectivity index (χ4n) is 4.79. The molecule has 0 radical (unpaired) electrons. The molecule has 194 valence electrons. The lowest BCUT2D eigenvalue weighted by molar-refractivity contribution is 0.0762. The minimum Gasteiger partial charge on any atom is -0.339 e. The van der Waals surface area contributed by atoms with Gasteiger partial charge < -0.3 is 10.2 Å². The number of anilines is 1. The first-order valence-corrected chi connectivity index (χ1v) is 14.5. The Bertz CT molecular complexity index is 1150. The zero-order chi connectivity index (χ0) is 25.5. The zero-order valence-electron chi connectivity index (χ0n) is 21.0. The van der Waals surface area contributed by atoms with E-state index in [0.29, 0.717) is 49.5 Å². The first kappa shape index (κ1) is 26.3. The second-order valence-electron chi connectivity index (χ2n) is 9.48. The van der Waals surface area contributed by atoms with E-state index < -0.39 is 10.0 Å². The van der Waals surface area contributed by atoms with E-state index in [0.717, 1.165) is 44.3 Å². The van der Waals surface area contributed by atoms with Gasteiger partial charge in [0.25, 0.3) is 11.8 Å². The standard InChI is InChI=1S/C27H36N4O4S/c1-2-36(34,35)31-19-17-29(18-20-31)21-22-11-13-23(14-12-22)26(32)28-25-10-6-5-9-24(25)27(33)30-15-7-3-4-8-16-30/h5-6,9-14H,2-4,7-8,15-21H2,1H3,(H,28,32). The van der Waals surface area contributed by atoms with Gasteiger partial charge in [-0.15, -0.1) is 0 Å². The monoisotopic (exact) mass is 512 g/mol. The summed E-state index contributed by atoms with van der Waals surface area (Å²) in [5.41, 5.74) is 2.64. The molecule has 2 aliphatic rings. The summed E-state index contributed by atoms with van der Waals surface area (Å²) in [7, 11) is -3.14. The van der Waals surface area contributed by atoms with E-state index in [1.54, 1.807) is 35.5 Å². The predicted molar refractivity (Wildman–Crippen MR) is 142 cm³/mol. The van der Waals surface area contributed by atoms with Crippen molar-refractivity contribution in [3.8, 4) is 0 Å². The molecule has 8 nitrogen and oxygen atoms in total. The SMILES string of the molecule is CCS(=O)(=O)N1CCN(Cc2ccc(C(=O)Nc3ccccc3C(=O)N3CCCCCC3)cc2)CC1. The summed E-state index contributed by atoms with van der Waals surface area (Å²) in [6.07, 6.45) is 4.32. The van der Waals surface area contributed by atoms with Crippen LogP contribution in [0.1, 0.15) is 58.9 Å². The molecular formula is C27H36N4O4S.